The number of carbonyl (C=O) groups is 1. The number of fused-ring (bicyclic) bond motifs is 5. The summed E-state index contributed by atoms with van der Waals surface area (Å²) in [7, 11) is 0. The van der Waals surface area contributed by atoms with Crippen LogP contribution in [0, 0.1) is 40.4 Å². The van der Waals surface area contributed by atoms with E-state index in [0.717, 1.165) is 30.1 Å². The van der Waals surface area contributed by atoms with Gasteiger partial charge in [0.1, 0.15) is 0 Å². The van der Waals surface area contributed by atoms with Crippen LogP contribution in [0.1, 0.15) is 72.1 Å². The number of carbonyl (C=O) groups excluding carboxylic acids is 1. The molecule has 4 fully saturated rings. The molecule has 0 aromatic carbocycles. The summed E-state index contributed by atoms with van der Waals surface area (Å²) in [5.41, 5.74) is 6.78. The molecule has 0 spiro atoms. The Kier molecular flexibility index (Phi) is 4.02. The van der Waals surface area contributed by atoms with Gasteiger partial charge >= 0.3 is 0 Å². The minimum atomic E-state index is 0.0327. The summed E-state index contributed by atoms with van der Waals surface area (Å²) in [4.78, 5) is 12.3. The van der Waals surface area contributed by atoms with Gasteiger partial charge in [-0.1, -0.05) is 27.2 Å². The van der Waals surface area contributed by atoms with E-state index in [4.69, 9.17) is 5.73 Å². The van der Waals surface area contributed by atoms with Crippen molar-refractivity contribution in [2.24, 2.45) is 46.2 Å². The summed E-state index contributed by atoms with van der Waals surface area (Å²) in [6.45, 7) is 7.98. The van der Waals surface area contributed by atoms with Crippen molar-refractivity contribution in [1.29, 1.82) is 0 Å². The summed E-state index contributed by atoms with van der Waals surface area (Å²) in [6, 6.07) is 0.391. The number of amides is 1. The zero-order chi connectivity index (χ0) is 17.1. The predicted octanol–water partition coefficient (Wildman–Crippen LogP) is 3.72. The molecule has 0 aromatic heterocycles. The lowest BCUT2D eigenvalue weighted by Crippen LogP contribution is -2.63. The molecule has 3 N–H and O–H groups in total. The first-order valence-corrected chi connectivity index (χ1v) is 10.4. The molecule has 136 valence electrons. The fourth-order valence-electron chi connectivity index (χ4n) is 7.87. The summed E-state index contributed by atoms with van der Waals surface area (Å²) >= 11 is 0. The van der Waals surface area contributed by atoms with E-state index in [1.165, 1.54) is 44.9 Å². The molecule has 4 aliphatic rings. The zero-order valence-electron chi connectivity index (χ0n) is 15.8. The Morgan fingerprint density at radius 1 is 1.08 bits per heavy atom. The summed E-state index contributed by atoms with van der Waals surface area (Å²) in [5, 5.41) is 3.36. The lowest BCUT2D eigenvalue weighted by molar-refractivity contribution is -0.143. The van der Waals surface area contributed by atoms with Gasteiger partial charge in [-0.3, -0.25) is 4.79 Å². The van der Waals surface area contributed by atoms with E-state index >= 15 is 0 Å². The van der Waals surface area contributed by atoms with Crippen LogP contribution in [0.4, 0.5) is 0 Å². The van der Waals surface area contributed by atoms with Crippen molar-refractivity contribution in [3.8, 4) is 0 Å². The monoisotopic (exact) mass is 332 g/mol. The van der Waals surface area contributed by atoms with Crippen LogP contribution in [0.2, 0.25) is 0 Å². The number of nitrogens with two attached hydrogens (primary N) is 1. The standard InChI is InChI=1S/C21H36N2O/c1-4-14-5-7-16-15-6-8-18-21(3,11-13(12-22)19(24)23-18)17(15)9-10-20(14,16)2/h13-18H,4-12,22H2,1-3H3,(H,23,24)/t13?,14-,15-,16-,17-,18+,20+,21+/m0/s1. The van der Waals surface area contributed by atoms with Gasteiger partial charge in [0.25, 0.3) is 0 Å². The first-order valence-electron chi connectivity index (χ1n) is 10.4. The van der Waals surface area contributed by atoms with Gasteiger partial charge in [0.2, 0.25) is 5.91 Å². The molecule has 1 aliphatic heterocycles. The van der Waals surface area contributed by atoms with Crippen molar-refractivity contribution in [2.45, 2.75) is 78.2 Å². The molecule has 1 saturated heterocycles. The molecule has 3 aliphatic carbocycles. The minimum absolute atomic E-state index is 0.0327. The summed E-state index contributed by atoms with van der Waals surface area (Å²) in [6.07, 6.45) is 10.6. The van der Waals surface area contributed by atoms with Crippen LogP contribution in [-0.4, -0.2) is 18.5 Å². The number of nitrogens with one attached hydrogen (secondary N) is 1. The Bertz CT molecular complexity index is 520. The molecular formula is C21H36N2O. The van der Waals surface area contributed by atoms with Crippen molar-refractivity contribution in [3.63, 3.8) is 0 Å². The molecule has 1 unspecified atom stereocenters. The van der Waals surface area contributed by atoms with E-state index in [1.807, 2.05) is 0 Å². The number of rotatable bonds is 2. The fraction of sp³-hybridized carbons (Fsp3) is 0.952. The van der Waals surface area contributed by atoms with E-state index in [9.17, 15) is 4.79 Å². The van der Waals surface area contributed by atoms with Gasteiger partial charge < -0.3 is 11.1 Å². The number of piperidine rings is 1. The van der Waals surface area contributed by atoms with Crippen LogP contribution in [0.3, 0.4) is 0 Å². The third-order valence-electron chi connectivity index (χ3n) is 9.22. The second kappa shape index (κ2) is 5.72. The van der Waals surface area contributed by atoms with E-state index in [2.05, 4.69) is 26.1 Å². The third kappa shape index (κ3) is 2.15. The Labute approximate surface area is 147 Å². The van der Waals surface area contributed by atoms with Crippen molar-refractivity contribution < 1.29 is 4.79 Å². The second-order valence-electron chi connectivity index (χ2n) is 9.88. The summed E-state index contributed by atoms with van der Waals surface area (Å²) < 4.78 is 0. The van der Waals surface area contributed by atoms with Gasteiger partial charge in [0, 0.05) is 12.6 Å². The first kappa shape index (κ1) is 16.9. The quantitative estimate of drug-likeness (QED) is 0.810. The average molecular weight is 333 g/mol. The third-order valence-corrected chi connectivity index (χ3v) is 9.22. The maximum Gasteiger partial charge on any atom is 0.224 e. The molecule has 3 saturated carbocycles. The van der Waals surface area contributed by atoms with Crippen LogP contribution >= 0.6 is 0 Å². The van der Waals surface area contributed by atoms with Crippen molar-refractivity contribution in [1.82, 2.24) is 5.32 Å². The number of hydrogen-bond acceptors (Lipinski definition) is 2. The van der Waals surface area contributed by atoms with Crippen LogP contribution in [0.15, 0.2) is 0 Å². The van der Waals surface area contributed by atoms with Gasteiger partial charge in [-0.15, -0.1) is 0 Å². The minimum Gasteiger partial charge on any atom is -0.353 e. The normalized spacial score (nSPS) is 53.8. The van der Waals surface area contributed by atoms with Crippen LogP contribution in [0.25, 0.3) is 0 Å². The molecule has 3 heteroatoms. The van der Waals surface area contributed by atoms with E-state index in [1.54, 1.807) is 0 Å². The SMILES string of the molecule is CC[C@H]1CC[C@H]2[C@@H]3CC[C@H]4NC(=O)C(CN)C[C@]4(C)[C@H]3CC[C@]12C. The van der Waals surface area contributed by atoms with Gasteiger partial charge in [-0.25, -0.2) is 0 Å². The highest BCUT2D eigenvalue weighted by Gasteiger charge is 2.60. The Morgan fingerprint density at radius 3 is 2.54 bits per heavy atom. The Morgan fingerprint density at radius 2 is 1.83 bits per heavy atom. The molecule has 1 amide bonds. The second-order valence-corrected chi connectivity index (χ2v) is 9.88. The number of hydrogen-bond donors (Lipinski definition) is 2. The van der Waals surface area contributed by atoms with Crippen LogP contribution in [0.5, 0.6) is 0 Å². The van der Waals surface area contributed by atoms with E-state index in [-0.39, 0.29) is 17.2 Å². The fourth-order valence-corrected chi connectivity index (χ4v) is 7.87. The summed E-state index contributed by atoms with van der Waals surface area (Å²) in [5.74, 6) is 3.79. The van der Waals surface area contributed by atoms with E-state index in [0.29, 0.717) is 18.0 Å². The highest BCUT2D eigenvalue weighted by Crippen LogP contribution is 2.66. The van der Waals surface area contributed by atoms with Gasteiger partial charge in [-0.05, 0) is 79.4 Å². The highest BCUT2D eigenvalue weighted by molar-refractivity contribution is 5.80. The Hall–Kier alpha value is -0.570. The van der Waals surface area contributed by atoms with Gasteiger partial charge in [0.15, 0.2) is 0 Å². The lowest BCUT2D eigenvalue weighted by atomic mass is 9.46. The molecule has 0 radical (unpaired) electrons. The molecule has 0 aromatic rings. The molecule has 4 rings (SSSR count). The first-order chi connectivity index (χ1) is 11.4. The molecular weight excluding hydrogens is 296 g/mol. The predicted molar refractivity (Wildman–Crippen MR) is 97.3 cm³/mol. The topological polar surface area (TPSA) is 55.1 Å². The zero-order valence-corrected chi connectivity index (χ0v) is 15.8. The molecule has 8 atom stereocenters. The maximum absolute atomic E-state index is 12.3. The van der Waals surface area contributed by atoms with Crippen molar-refractivity contribution in [3.05, 3.63) is 0 Å². The molecule has 1 heterocycles. The molecule has 3 nitrogen and oxygen atoms in total. The lowest BCUT2D eigenvalue weighted by Gasteiger charge is -2.61. The maximum atomic E-state index is 12.3. The van der Waals surface area contributed by atoms with E-state index < -0.39 is 0 Å². The largest absolute Gasteiger partial charge is 0.353 e. The Balaban J connectivity index is 1.62. The average Bonchev–Trinajstić information content (AvgIpc) is 2.91. The van der Waals surface area contributed by atoms with Crippen LogP contribution < -0.4 is 11.1 Å². The van der Waals surface area contributed by atoms with Gasteiger partial charge in [-0.2, -0.15) is 0 Å². The van der Waals surface area contributed by atoms with Crippen molar-refractivity contribution >= 4 is 5.91 Å². The van der Waals surface area contributed by atoms with Gasteiger partial charge in [0.05, 0.1) is 5.92 Å². The molecule has 0 bridgehead atoms. The van der Waals surface area contributed by atoms with Crippen molar-refractivity contribution in [2.75, 3.05) is 6.54 Å². The van der Waals surface area contributed by atoms with Crippen LogP contribution in [-0.2, 0) is 4.79 Å². The smallest absolute Gasteiger partial charge is 0.224 e. The highest BCUT2D eigenvalue weighted by atomic mass is 16.2. The molecule has 24 heavy (non-hydrogen) atoms.